The van der Waals surface area contributed by atoms with Crippen LogP contribution in [0.3, 0.4) is 0 Å². The maximum Gasteiger partial charge on any atom is 0.0465 e. The van der Waals surface area contributed by atoms with Crippen molar-refractivity contribution in [2.24, 2.45) is 17.6 Å². The summed E-state index contributed by atoms with van der Waals surface area (Å²) in [4.78, 5) is 0. The second kappa shape index (κ2) is 7.24. The van der Waals surface area contributed by atoms with E-state index in [1.165, 1.54) is 38.5 Å². The summed E-state index contributed by atoms with van der Waals surface area (Å²) in [5.41, 5.74) is 6.35. The van der Waals surface area contributed by atoms with Gasteiger partial charge in [0, 0.05) is 19.8 Å². The van der Waals surface area contributed by atoms with Crippen molar-refractivity contribution in [3.63, 3.8) is 0 Å². The van der Waals surface area contributed by atoms with Gasteiger partial charge in [0.05, 0.1) is 0 Å². The van der Waals surface area contributed by atoms with Crippen LogP contribution in [0.4, 0.5) is 0 Å². The third-order valence-electron chi connectivity index (χ3n) is 3.88. The van der Waals surface area contributed by atoms with E-state index in [4.69, 9.17) is 10.5 Å². The van der Waals surface area contributed by atoms with Crippen LogP contribution in [0.2, 0.25) is 0 Å². The van der Waals surface area contributed by atoms with Gasteiger partial charge < -0.3 is 10.5 Å². The fourth-order valence-electron chi connectivity index (χ4n) is 2.66. The summed E-state index contributed by atoms with van der Waals surface area (Å²) in [6, 6.07) is 0.387. The molecule has 2 unspecified atom stereocenters. The summed E-state index contributed by atoms with van der Waals surface area (Å²) >= 11 is 0. The van der Waals surface area contributed by atoms with Gasteiger partial charge in [0.2, 0.25) is 0 Å². The van der Waals surface area contributed by atoms with Gasteiger partial charge in [-0.15, -0.1) is 0 Å². The number of ether oxygens (including phenoxy) is 1. The van der Waals surface area contributed by atoms with Gasteiger partial charge in [0.1, 0.15) is 0 Å². The third-order valence-corrected chi connectivity index (χ3v) is 3.88. The lowest BCUT2D eigenvalue weighted by atomic mass is 9.84. The highest BCUT2D eigenvalue weighted by Gasteiger charge is 2.23. The summed E-state index contributed by atoms with van der Waals surface area (Å²) in [6.07, 6.45) is 9.39. The third kappa shape index (κ3) is 4.52. The number of nitrogens with two attached hydrogens (primary N) is 1. The van der Waals surface area contributed by atoms with E-state index in [0.717, 1.165) is 18.9 Å². The fourth-order valence-corrected chi connectivity index (χ4v) is 2.66. The van der Waals surface area contributed by atoms with E-state index in [9.17, 15) is 0 Å². The van der Waals surface area contributed by atoms with E-state index in [1.807, 2.05) is 0 Å². The molecule has 2 N–H and O–H groups in total. The molecule has 0 saturated heterocycles. The highest BCUT2D eigenvalue weighted by atomic mass is 16.5. The number of hydrogen-bond donors (Lipinski definition) is 1. The molecule has 2 nitrogen and oxygen atoms in total. The van der Waals surface area contributed by atoms with Gasteiger partial charge in [-0.25, -0.2) is 0 Å². The van der Waals surface area contributed by atoms with Crippen molar-refractivity contribution < 1.29 is 4.74 Å². The Morgan fingerprint density at radius 2 is 1.80 bits per heavy atom. The average molecular weight is 213 g/mol. The van der Waals surface area contributed by atoms with Crippen molar-refractivity contribution in [2.75, 3.05) is 13.7 Å². The second-order valence-electron chi connectivity index (χ2n) is 5.09. The van der Waals surface area contributed by atoms with Gasteiger partial charge in [0.15, 0.2) is 0 Å². The van der Waals surface area contributed by atoms with Gasteiger partial charge in [0.25, 0.3) is 0 Å². The van der Waals surface area contributed by atoms with Gasteiger partial charge in [-0.05, 0) is 31.1 Å². The van der Waals surface area contributed by atoms with Crippen molar-refractivity contribution >= 4 is 0 Å². The van der Waals surface area contributed by atoms with Gasteiger partial charge in [-0.3, -0.25) is 0 Å². The number of methoxy groups -OCH3 is 1. The zero-order chi connectivity index (χ0) is 11.1. The first-order valence-corrected chi connectivity index (χ1v) is 6.50. The van der Waals surface area contributed by atoms with Crippen LogP contribution in [0.5, 0.6) is 0 Å². The zero-order valence-electron chi connectivity index (χ0n) is 10.4. The fraction of sp³-hybridized carbons (Fsp3) is 1.00. The second-order valence-corrected chi connectivity index (χ2v) is 5.09. The lowest BCUT2D eigenvalue weighted by Crippen LogP contribution is -2.36. The van der Waals surface area contributed by atoms with Crippen molar-refractivity contribution in [2.45, 2.75) is 57.9 Å². The van der Waals surface area contributed by atoms with Crippen molar-refractivity contribution in [1.82, 2.24) is 0 Å². The molecule has 1 fully saturated rings. The van der Waals surface area contributed by atoms with E-state index in [0.29, 0.717) is 12.0 Å². The van der Waals surface area contributed by atoms with Crippen LogP contribution in [0, 0.1) is 11.8 Å². The highest BCUT2D eigenvalue weighted by Crippen LogP contribution is 2.28. The van der Waals surface area contributed by atoms with E-state index in [-0.39, 0.29) is 0 Å². The lowest BCUT2D eigenvalue weighted by molar-refractivity contribution is 0.164. The number of rotatable bonds is 5. The topological polar surface area (TPSA) is 35.2 Å². The van der Waals surface area contributed by atoms with E-state index >= 15 is 0 Å². The minimum Gasteiger partial charge on any atom is -0.385 e. The molecule has 2 atom stereocenters. The molecule has 0 aromatic rings. The molecule has 90 valence electrons. The SMILES string of the molecule is COCCC(C)C(N)C1CCCCCC1. The molecule has 1 aliphatic rings. The Morgan fingerprint density at radius 3 is 2.33 bits per heavy atom. The Morgan fingerprint density at radius 1 is 1.20 bits per heavy atom. The lowest BCUT2D eigenvalue weighted by Gasteiger charge is -2.27. The van der Waals surface area contributed by atoms with E-state index in [2.05, 4.69) is 6.92 Å². The van der Waals surface area contributed by atoms with Crippen LogP contribution in [0.15, 0.2) is 0 Å². The molecule has 0 aromatic carbocycles. The van der Waals surface area contributed by atoms with Crippen molar-refractivity contribution in [1.29, 1.82) is 0 Å². The van der Waals surface area contributed by atoms with Crippen molar-refractivity contribution in [3.05, 3.63) is 0 Å². The van der Waals surface area contributed by atoms with Crippen molar-refractivity contribution in [3.8, 4) is 0 Å². The molecule has 0 heterocycles. The summed E-state index contributed by atoms with van der Waals surface area (Å²) in [7, 11) is 1.77. The minimum atomic E-state index is 0.387. The maximum atomic E-state index is 6.35. The van der Waals surface area contributed by atoms with Crippen LogP contribution >= 0.6 is 0 Å². The smallest absolute Gasteiger partial charge is 0.0465 e. The van der Waals surface area contributed by atoms with Crippen LogP contribution < -0.4 is 5.73 Å². The van der Waals surface area contributed by atoms with Gasteiger partial charge in [-0.1, -0.05) is 32.6 Å². The van der Waals surface area contributed by atoms with Gasteiger partial charge in [-0.2, -0.15) is 0 Å². The molecule has 15 heavy (non-hydrogen) atoms. The standard InChI is InChI=1S/C13H27NO/c1-11(9-10-15-2)13(14)12-7-5-3-4-6-8-12/h11-13H,3-10,14H2,1-2H3. The largest absolute Gasteiger partial charge is 0.385 e. The summed E-state index contributed by atoms with van der Waals surface area (Å²) < 4.78 is 5.12. The summed E-state index contributed by atoms with van der Waals surface area (Å²) in [5, 5.41) is 0. The average Bonchev–Trinajstić information content (AvgIpc) is 2.53. The predicted octanol–water partition coefficient (Wildman–Crippen LogP) is 2.96. The molecule has 0 radical (unpaired) electrons. The molecular weight excluding hydrogens is 186 g/mol. The monoisotopic (exact) mass is 213 g/mol. The Hall–Kier alpha value is -0.0800. The van der Waals surface area contributed by atoms with Crippen LogP contribution in [0.25, 0.3) is 0 Å². The molecule has 1 saturated carbocycles. The zero-order valence-corrected chi connectivity index (χ0v) is 10.4. The normalized spacial score (nSPS) is 23.4. The van der Waals surface area contributed by atoms with E-state index in [1.54, 1.807) is 7.11 Å². The maximum absolute atomic E-state index is 6.35. The first kappa shape index (κ1) is 13.0. The Balaban J connectivity index is 2.32. The molecule has 0 amide bonds. The molecule has 0 aliphatic heterocycles. The first-order chi connectivity index (χ1) is 7.25. The Kier molecular flexibility index (Phi) is 6.26. The molecule has 0 bridgehead atoms. The van der Waals surface area contributed by atoms with Crippen LogP contribution in [-0.2, 0) is 4.74 Å². The molecule has 1 aliphatic carbocycles. The van der Waals surface area contributed by atoms with E-state index < -0.39 is 0 Å². The summed E-state index contributed by atoms with van der Waals surface area (Å²) in [5.74, 6) is 1.37. The molecule has 2 heteroatoms. The number of hydrogen-bond acceptors (Lipinski definition) is 2. The first-order valence-electron chi connectivity index (χ1n) is 6.50. The molecule has 1 rings (SSSR count). The Bertz CT molecular complexity index is 153. The predicted molar refractivity (Wildman–Crippen MR) is 64.8 cm³/mol. The quantitative estimate of drug-likeness (QED) is 0.713. The molecule has 0 spiro atoms. The van der Waals surface area contributed by atoms with Gasteiger partial charge >= 0.3 is 0 Å². The molecular formula is C13H27NO. The Labute approximate surface area is 94.6 Å². The van der Waals surface area contributed by atoms with Crippen LogP contribution in [-0.4, -0.2) is 19.8 Å². The summed E-state index contributed by atoms with van der Waals surface area (Å²) in [6.45, 7) is 3.12. The highest BCUT2D eigenvalue weighted by molar-refractivity contribution is 4.79. The molecule has 0 aromatic heterocycles. The minimum absolute atomic E-state index is 0.387. The van der Waals surface area contributed by atoms with Crippen LogP contribution in [0.1, 0.15) is 51.9 Å².